The van der Waals surface area contributed by atoms with Crippen molar-refractivity contribution in [2.75, 3.05) is 27.9 Å². The molecule has 0 saturated carbocycles. The lowest BCUT2D eigenvalue weighted by Crippen LogP contribution is -2.21. The van der Waals surface area contributed by atoms with E-state index in [1.165, 1.54) is 0 Å². The van der Waals surface area contributed by atoms with Crippen molar-refractivity contribution in [2.45, 2.75) is 12.6 Å². The molecule has 0 saturated heterocycles. The van der Waals surface area contributed by atoms with Gasteiger partial charge in [0.25, 0.3) is 0 Å². The van der Waals surface area contributed by atoms with E-state index in [0.29, 0.717) is 30.2 Å². The second-order valence-corrected chi connectivity index (χ2v) is 5.10. The molecule has 0 bridgehead atoms. The zero-order valence-electron chi connectivity index (χ0n) is 13.7. The molecule has 0 radical (unpaired) electrons. The first kappa shape index (κ1) is 17.1. The quantitative estimate of drug-likeness (QED) is 0.783. The second kappa shape index (κ2) is 8.41. The molecule has 5 heteroatoms. The molecule has 0 unspecified atom stereocenters. The van der Waals surface area contributed by atoms with Crippen molar-refractivity contribution >= 4 is 0 Å². The highest BCUT2D eigenvalue weighted by molar-refractivity contribution is 5.41. The molecule has 5 nitrogen and oxygen atoms in total. The van der Waals surface area contributed by atoms with Crippen molar-refractivity contribution < 1.29 is 19.3 Å². The van der Waals surface area contributed by atoms with Crippen LogP contribution < -0.4 is 19.5 Å². The molecule has 1 atom stereocenters. The number of hydrogen-bond acceptors (Lipinski definition) is 5. The van der Waals surface area contributed by atoms with Gasteiger partial charge in [-0.25, -0.2) is 0 Å². The van der Waals surface area contributed by atoms with Crippen molar-refractivity contribution in [2.24, 2.45) is 0 Å². The van der Waals surface area contributed by atoms with Crippen LogP contribution in [0.5, 0.6) is 17.2 Å². The lowest BCUT2D eigenvalue weighted by atomic mass is 10.1. The Balaban J connectivity index is 1.94. The maximum absolute atomic E-state index is 10.4. The van der Waals surface area contributed by atoms with Crippen LogP contribution in [0.1, 0.15) is 17.2 Å². The molecule has 2 aromatic carbocycles. The number of nitrogens with one attached hydrogen (secondary N) is 1. The van der Waals surface area contributed by atoms with Gasteiger partial charge in [0.15, 0.2) is 0 Å². The molecule has 0 heterocycles. The molecule has 23 heavy (non-hydrogen) atoms. The standard InChI is InChI=1S/C18H23NO4/c1-21-14-6-4-13(5-7-14)11-19-12-17(20)16-10-15(22-2)8-9-18(16)23-3/h4-10,17,19-20H,11-12H2,1-3H3/t17-/m1/s1. The summed E-state index contributed by atoms with van der Waals surface area (Å²) >= 11 is 0. The molecule has 0 spiro atoms. The Morgan fingerprint density at radius 3 is 2.17 bits per heavy atom. The summed E-state index contributed by atoms with van der Waals surface area (Å²) in [6, 6.07) is 13.2. The minimum atomic E-state index is -0.682. The fraction of sp³-hybridized carbons (Fsp3) is 0.333. The van der Waals surface area contributed by atoms with E-state index in [4.69, 9.17) is 14.2 Å². The summed E-state index contributed by atoms with van der Waals surface area (Å²) in [5.41, 5.74) is 1.82. The van der Waals surface area contributed by atoms with Crippen LogP contribution in [0.4, 0.5) is 0 Å². The van der Waals surface area contributed by atoms with Crippen LogP contribution in [-0.4, -0.2) is 33.0 Å². The smallest absolute Gasteiger partial charge is 0.124 e. The Morgan fingerprint density at radius 2 is 1.57 bits per heavy atom. The Morgan fingerprint density at radius 1 is 0.913 bits per heavy atom. The maximum Gasteiger partial charge on any atom is 0.124 e. The van der Waals surface area contributed by atoms with Crippen LogP contribution in [0.2, 0.25) is 0 Å². The van der Waals surface area contributed by atoms with Gasteiger partial charge < -0.3 is 24.6 Å². The van der Waals surface area contributed by atoms with Crippen LogP contribution in [0, 0.1) is 0 Å². The molecule has 124 valence electrons. The topological polar surface area (TPSA) is 60.0 Å². The zero-order chi connectivity index (χ0) is 16.7. The number of benzene rings is 2. The fourth-order valence-corrected chi connectivity index (χ4v) is 2.31. The third kappa shape index (κ3) is 4.61. The normalized spacial score (nSPS) is 11.8. The third-order valence-electron chi connectivity index (χ3n) is 3.62. The molecule has 2 aromatic rings. The van der Waals surface area contributed by atoms with E-state index < -0.39 is 6.10 Å². The van der Waals surface area contributed by atoms with Crippen molar-refractivity contribution in [1.82, 2.24) is 5.32 Å². The summed E-state index contributed by atoms with van der Waals surface area (Å²) in [6.07, 6.45) is -0.682. The summed E-state index contributed by atoms with van der Waals surface area (Å²) in [5.74, 6) is 2.16. The van der Waals surface area contributed by atoms with Gasteiger partial charge >= 0.3 is 0 Å². The van der Waals surface area contributed by atoms with Crippen LogP contribution in [-0.2, 0) is 6.54 Å². The van der Waals surface area contributed by atoms with Gasteiger partial charge in [-0.1, -0.05) is 12.1 Å². The van der Waals surface area contributed by atoms with Gasteiger partial charge in [0, 0.05) is 18.7 Å². The highest BCUT2D eigenvalue weighted by atomic mass is 16.5. The van der Waals surface area contributed by atoms with E-state index in [1.54, 1.807) is 39.5 Å². The van der Waals surface area contributed by atoms with Gasteiger partial charge in [-0.2, -0.15) is 0 Å². The average molecular weight is 317 g/mol. The van der Waals surface area contributed by atoms with Gasteiger partial charge in [-0.05, 0) is 35.9 Å². The highest BCUT2D eigenvalue weighted by Gasteiger charge is 2.14. The molecular weight excluding hydrogens is 294 g/mol. The van der Waals surface area contributed by atoms with Gasteiger partial charge in [0.1, 0.15) is 17.2 Å². The molecular formula is C18H23NO4. The Hall–Kier alpha value is -2.24. The van der Waals surface area contributed by atoms with E-state index in [-0.39, 0.29) is 0 Å². The van der Waals surface area contributed by atoms with Crippen LogP contribution in [0.3, 0.4) is 0 Å². The summed E-state index contributed by atoms with van der Waals surface area (Å²) in [4.78, 5) is 0. The van der Waals surface area contributed by atoms with Crippen LogP contribution >= 0.6 is 0 Å². The zero-order valence-corrected chi connectivity index (χ0v) is 13.7. The number of methoxy groups -OCH3 is 3. The first-order valence-corrected chi connectivity index (χ1v) is 7.41. The molecule has 2 rings (SSSR count). The van der Waals surface area contributed by atoms with Gasteiger partial charge in [0.2, 0.25) is 0 Å². The van der Waals surface area contributed by atoms with E-state index in [0.717, 1.165) is 11.3 Å². The SMILES string of the molecule is COc1ccc(CNC[C@@H](O)c2cc(OC)ccc2OC)cc1. The fourth-order valence-electron chi connectivity index (χ4n) is 2.31. The molecule has 0 aromatic heterocycles. The third-order valence-corrected chi connectivity index (χ3v) is 3.62. The number of rotatable bonds is 8. The maximum atomic E-state index is 10.4. The predicted molar refractivity (Wildman–Crippen MR) is 89.2 cm³/mol. The van der Waals surface area contributed by atoms with Crippen molar-refractivity contribution in [1.29, 1.82) is 0 Å². The van der Waals surface area contributed by atoms with E-state index in [2.05, 4.69) is 5.32 Å². The Labute approximate surface area is 136 Å². The van der Waals surface area contributed by atoms with E-state index in [1.807, 2.05) is 24.3 Å². The molecule has 0 amide bonds. The van der Waals surface area contributed by atoms with E-state index >= 15 is 0 Å². The number of ether oxygens (including phenoxy) is 3. The number of aliphatic hydroxyl groups is 1. The molecule has 0 aliphatic rings. The molecule has 0 aliphatic heterocycles. The second-order valence-electron chi connectivity index (χ2n) is 5.10. The molecule has 0 aliphatic carbocycles. The predicted octanol–water partition coefficient (Wildman–Crippen LogP) is 2.54. The summed E-state index contributed by atoms with van der Waals surface area (Å²) in [5, 5.41) is 13.6. The summed E-state index contributed by atoms with van der Waals surface area (Å²) in [6.45, 7) is 1.07. The number of hydrogen-bond donors (Lipinski definition) is 2. The van der Waals surface area contributed by atoms with Gasteiger partial charge in [-0.3, -0.25) is 0 Å². The Kier molecular flexibility index (Phi) is 6.26. The number of aliphatic hydroxyl groups excluding tert-OH is 1. The highest BCUT2D eigenvalue weighted by Crippen LogP contribution is 2.29. The lowest BCUT2D eigenvalue weighted by Gasteiger charge is -2.16. The van der Waals surface area contributed by atoms with Crippen molar-refractivity contribution in [3.05, 3.63) is 53.6 Å². The molecule has 0 fully saturated rings. The largest absolute Gasteiger partial charge is 0.497 e. The molecule has 2 N–H and O–H groups in total. The first-order chi connectivity index (χ1) is 11.2. The first-order valence-electron chi connectivity index (χ1n) is 7.41. The average Bonchev–Trinajstić information content (AvgIpc) is 2.61. The van der Waals surface area contributed by atoms with Crippen LogP contribution in [0.15, 0.2) is 42.5 Å². The van der Waals surface area contributed by atoms with Crippen LogP contribution in [0.25, 0.3) is 0 Å². The summed E-state index contributed by atoms with van der Waals surface area (Å²) in [7, 11) is 4.83. The van der Waals surface area contributed by atoms with Gasteiger partial charge in [-0.15, -0.1) is 0 Å². The minimum Gasteiger partial charge on any atom is -0.497 e. The van der Waals surface area contributed by atoms with Crippen molar-refractivity contribution in [3.8, 4) is 17.2 Å². The van der Waals surface area contributed by atoms with Gasteiger partial charge in [0.05, 0.1) is 27.4 Å². The minimum absolute atomic E-state index is 0.412. The monoisotopic (exact) mass is 317 g/mol. The van der Waals surface area contributed by atoms with Crippen molar-refractivity contribution in [3.63, 3.8) is 0 Å². The Bertz CT molecular complexity index is 613. The lowest BCUT2D eigenvalue weighted by molar-refractivity contribution is 0.169. The summed E-state index contributed by atoms with van der Waals surface area (Å²) < 4.78 is 15.6. The van der Waals surface area contributed by atoms with E-state index in [9.17, 15) is 5.11 Å².